The first-order valence-electron chi connectivity index (χ1n) is 8.97. The van der Waals surface area contributed by atoms with E-state index in [2.05, 4.69) is 10.6 Å². The molecule has 4 rings (SSSR count). The molecule has 29 heavy (non-hydrogen) atoms. The standard InChI is InChI=1S/C23H17FN2O3/c1-14-11-18(25-22(27)16-6-4-7-17(24)12-16)9-10-19(14)26-23(28)21-13-15-5-2-3-8-20(15)29-21/h2-13H,1H3,(H,25,27)(H,26,28). The number of carbonyl (C=O) groups is 2. The molecule has 0 bridgehead atoms. The molecule has 0 aliphatic carbocycles. The van der Waals surface area contributed by atoms with Crippen LogP contribution in [0.25, 0.3) is 11.0 Å². The van der Waals surface area contributed by atoms with E-state index < -0.39 is 11.7 Å². The molecule has 0 radical (unpaired) electrons. The Balaban J connectivity index is 1.48. The molecule has 0 fully saturated rings. The van der Waals surface area contributed by atoms with Crippen LogP contribution >= 0.6 is 0 Å². The molecule has 0 aliphatic rings. The van der Waals surface area contributed by atoms with Crippen molar-refractivity contribution in [2.24, 2.45) is 0 Å². The minimum absolute atomic E-state index is 0.217. The number of furan rings is 1. The number of nitrogens with one attached hydrogen (secondary N) is 2. The van der Waals surface area contributed by atoms with Crippen LogP contribution in [0.5, 0.6) is 0 Å². The molecule has 3 aromatic carbocycles. The zero-order valence-electron chi connectivity index (χ0n) is 15.5. The van der Waals surface area contributed by atoms with Crippen LogP contribution in [-0.4, -0.2) is 11.8 Å². The van der Waals surface area contributed by atoms with Gasteiger partial charge in [-0.25, -0.2) is 4.39 Å². The van der Waals surface area contributed by atoms with Gasteiger partial charge in [0, 0.05) is 22.3 Å². The Hall–Kier alpha value is -3.93. The number of benzene rings is 3. The average Bonchev–Trinajstić information content (AvgIpc) is 3.14. The molecule has 1 aromatic heterocycles. The van der Waals surface area contributed by atoms with Crippen molar-refractivity contribution in [2.45, 2.75) is 6.92 Å². The summed E-state index contributed by atoms with van der Waals surface area (Å²) in [5, 5.41) is 6.38. The van der Waals surface area contributed by atoms with E-state index in [1.165, 1.54) is 24.3 Å². The van der Waals surface area contributed by atoms with E-state index in [1.54, 1.807) is 30.3 Å². The minimum atomic E-state index is -0.475. The molecule has 0 spiro atoms. The Morgan fingerprint density at radius 2 is 1.69 bits per heavy atom. The third-order valence-corrected chi connectivity index (χ3v) is 4.47. The number of hydrogen-bond donors (Lipinski definition) is 2. The van der Waals surface area contributed by atoms with Crippen LogP contribution < -0.4 is 10.6 Å². The number of amides is 2. The first kappa shape index (κ1) is 18.4. The highest BCUT2D eigenvalue weighted by molar-refractivity contribution is 6.06. The largest absolute Gasteiger partial charge is 0.451 e. The number of hydrogen-bond acceptors (Lipinski definition) is 3. The first-order chi connectivity index (χ1) is 14.0. The summed E-state index contributed by atoms with van der Waals surface area (Å²) in [6, 6.07) is 19.6. The molecule has 2 amide bonds. The SMILES string of the molecule is Cc1cc(NC(=O)c2cccc(F)c2)ccc1NC(=O)c1cc2ccccc2o1. The molecule has 5 nitrogen and oxygen atoms in total. The van der Waals surface area contributed by atoms with Crippen molar-refractivity contribution >= 4 is 34.2 Å². The molecule has 0 saturated heterocycles. The Bertz CT molecular complexity index is 1200. The zero-order valence-corrected chi connectivity index (χ0v) is 15.5. The monoisotopic (exact) mass is 388 g/mol. The predicted octanol–water partition coefficient (Wildman–Crippen LogP) is 5.38. The van der Waals surface area contributed by atoms with Crippen LogP contribution in [0.1, 0.15) is 26.5 Å². The summed E-state index contributed by atoms with van der Waals surface area (Å²) in [6.07, 6.45) is 0. The minimum Gasteiger partial charge on any atom is -0.451 e. The van der Waals surface area contributed by atoms with Gasteiger partial charge in [-0.2, -0.15) is 0 Å². The van der Waals surface area contributed by atoms with Gasteiger partial charge in [-0.3, -0.25) is 9.59 Å². The molecule has 1 heterocycles. The first-order valence-corrected chi connectivity index (χ1v) is 8.97. The third kappa shape index (κ3) is 4.01. The maximum absolute atomic E-state index is 13.3. The lowest BCUT2D eigenvalue weighted by atomic mass is 10.1. The van der Waals surface area contributed by atoms with E-state index in [4.69, 9.17) is 4.42 Å². The number of carbonyl (C=O) groups excluding carboxylic acids is 2. The van der Waals surface area contributed by atoms with E-state index in [0.29, 0.717) is 17.0 Å². The van der Waals surface area contributed by atoms with Gasteiger partial charge in [-0.1, -0.05) is 24.3 Å². The maximum Gasteiger partial charge on any atom is 0.291 e. The van der Waals surface area contributed by atoms with Crippen LogP contribution in [0, 0.1) is 12.7 Å². The Kier molecular flexibility index (Phi) is 4.83. The predicted molar refractivity (Wildman–Crippen MR) is 110 cm³/mol. The van der Waals surface area contributed by atoms with E-state index in [9.17, 15) is 14.0 Å². The molecule has 0 aliphatic heterocycles. The quantitative estimate of drug-likeness (QED) is 0.493. The summed E-state index contributed by atoms with van der Waals surface area (Å²) in [5.41, 5.74) is 2.76. The Labute approximate surface area is 166 Å². The summed E-state index contributed by atoms with van der Waals surface area (Å²) in [5.74, 6) is -1.03. The smallest absolute Gasteiger partial charge is 0.291 e. The molecule has 0 atom stereocenters. The van der Waals surface area contributed by atoms with Gasteiger partial charge in [0.1, 0.15) is 11.4 Å². The molecular weight excluding hydrogens is 371 g/mol. The van der Waals surface area contributed by atoms with Crippen molar-refractivity contribution in [3.05, 3.63) is 95.5 Å². The molecule has 4 aromatic rings. The van der Waals surface area contributed by atoms with Gasteiger partial charge in [0.25, 0.3) is 11.8 Å². The summed E-state index contributed by atoms with van der Waals surface area (Å²) in [4.78, 5) is 24.8. The van der Waals surface area contributed by atoms with Gasteiger partial charge >= 0.3 is 0 Å². The van der Waals surface area contributed by atoms with Crippen molar-refractivity contribution < 1.29 is 18.4 Å². The van der Waals surface area contributed by atoms with Gasteiger partial charge in [-0.15, -0.1) is 0 Å². The van der Waals surface area contributed by atoms with E-state index in [1.807, 2.05) is 25.1 Å². The van der Waals surface area contributed by atoms with Crippen LogP contribution in [0.4, 0.5) is 15.8 Å². The molecule has 6 heteroatoms. The van der Waals surface area contributed by atoms with Crippen molar-refractivity contribution in [1.82, 2.24) is 0 Å². The molecular formula is C23H17FN2O3. The fraction of sp³-hybridized carbons (Fsp3) is 0.0435. The lowest BCUT2D eigenvalue weighted by Crippen LogP contribution is -2.14. The molecule has 2 N–H and O–H groups in total. The molecule has 0 unspecified atom stereocenters. The fourth-order valence-corrected chi connectivity index (χ4v) is 2.99. The van der Waals surface area contributed by atoms with Crippen LogP contribution in [0.2, 0.25) is 0 Å². The highest BCUT2D eigenvalue weighted by Gasteiger charge is 2.14. The summed E-state index contributed by atoms with van der Waals surface area (Å²) in [7, 11) is 0. The average molecular weight is 388 g/mol. The van der Waals surface area contributed by atoms with Gasteiger partial charge in [-0.05, 0) is 61.0 Å². The topological polar surface area (TPSA) is 71.3 Å². The number of anilines is 2. The second-order valence-corrected chi connectivity index (χ2v) is 6.60. The number of halogens is 1. The van der Waals surface area contributed by atoms with Crippen LogP contribution in [-0.2, 0) is 0 Å². The Morgan fingerprint density at radius 1 is 0.862 bits per heavy atom. The third-order valence-electron chi connectivity index (χ3n) is 4.47. The highest BCUT2D eigenvalue weighted by Crippen LogP contribution is 2.23. The molecule has 0 saturated carbocycles. The van der Waals surface area contributed by atoms with E-state index in [0.717, 1.165) is 10.9 Å². The van der Waals surface area contributed by atoms with Crippen molar-refractivity contribution in [3.63, 3.8) is 0 Å². The second-order valence-electron chi connectivity index (χ2n) is 6.60. The lowest BCUT2D eigenvalue weighted by Gasteiger charge is -2.11. The van der Waals surface area contributed by atoms with E-state index >= 15 is 0 Å². The summed E-state index contributed by atoms with van der Waals surface area (Å²) < 4.78 is 18.9. The number of aryl methyl sites for hydroxylation is 1. The highest BCUT2D eigenvalue weighted by atomic mass is 19.1. The van der Waals surface area contributed by atoms with Crippen LogP contribution in [0.15, 0.2) is 77.2 Å². The summed E-state index contributed by atoms with van der Waals surface area (Å²) in [6.45, 7) is 1.81. The van der Waals surface area contributed by atoms with Gasteiger partial charge < -0.3 is 15.1 Å². The zero-order chi connectivity index (χ0) is 20.4. The van der Waals surface area contributed by atoms with Gasteiger partial charge in [0.15, 0.2) is 5.76 Å². The second kappa shape index (κ2) is 7.59. The maximum atomic E-state index is 13.3. The van der Waals surface area contributed by atoms with Gasteiger partial charge in [0.05, 0.1) is 0 Å². The van der Waals surface area contributed by atoms with Gasteiger partial charge in [0.2, 0.25) is 0 Å². The van der Waals surface area contributed by atoms with Crippen molar-refractivity contribution in [1.29, 1.82) is 0 Å². The van der Waals surface area contributed by atoms with Crippen molar-refractivity contribution in [3.8, 4) is 0 Å². The van der Waals surface area contributed by atoms with E-state index in [-0.39, 0.29) is 17.2 Å². The molecule has 144 valence electrons. The lowest BCUT2D eigenvalue weighted by molar-refractivity contribution is 0.0996. The fourth-order valence-electron chi connectivity index (χ4n) is 2.99. The number of para-hydroxylation sites is 1. The number of rotatable bonds is 4. The Morgan fingerprint density at radius 3 is 2.45 bits per heavy atom. The summed E-state index contributed by atoms with van der Waals surface area (Å²) >= 11 is 0. The number of fused-ring (bicyclic) bond motifs is 1. The van der Waals surface area contributed by atoms with Crippen molar-refractivity contribution in [2.75, 3.05) is 10.6 Å². The normalized spacial score (nSPS) is 10.7. The van der Waals surface area contributed by atoms with Crippen LogP contribution in [0.3, 0.4) is 0 Å².